The van der Waals surface area contributed by atoms with Gasteiger partial charge in [-0.25, -0.2) is 4.98 Å². The van der Waals surface area contributed by atoms with E-state index < -0.39 is 0 Å². The first-order valence-electron chi connectivity index (χ1n) is 11.1. The molecule has 1 aromatic heterocycles. The number of carbonyl (C=O) groups is 1. The van der Waals surface area contributed by atoms with E-state index >= 15 is 0 Å². The minimum absolute atomic E-state index is 0.0434. The lowest BCUT2D eigenvalue weighted by Crippen LogP contribution is -2.44. The highest BCUT2D eigenvalue weighted by atomic mass is 32.2. The molecule has 1 aliphatic heterocycles. The number of amides is 1. The van der Waals surface area contributed by atoms with Crippen molar-refractivity contribution in [1.29, 1.82) is 0 Å². The van der Waals surface area contributed by atoms with Crippen LogP contribution in [0.1, 0.15) is 70.8 Å². The van der Waals surface area contributed by atoms with Crippen molar-refractivity contribution >= 4 is 28.6 Å². The minimum atomic E-state index is 0.0434. The summed E-state index contributed by atoms with van der Waals surface area (Å²) in [4.78, 5) is 33.2. The van der Waals surface area contributed by atoms with Gasteiger partial charge in [0.25, 0.3) is 5.56 Å². The summed E-state index contributed by atoms with van der Waals surface area (Å²) in [6.07, 6.45) is 10.00. The lowest BCUT2D eigenvalue weighted by Gasteiger charge is -2.35. The number of fused-ring (bicyclic) bond motifs is 1. The lowest BCUT2D eigenvalue weighted by molar-refractivity contribution is -0.132. The van der Waals surface area contributed by atoms with Crippen molar-refractivity contribution in [3.8, 4) is 0 Å². The molecule has 1 aliphatic carbocycles. The zero-order chi connectivity index (χ0) is 20.2. The number of hydrogen-bond acceptors (Lipinski definition) is 4. The fourth-order valence-electron chi connectivity index (χ4n) is 4.85. The zero-order valence-corrected chi connectivity index (χ0v) is 18.1. The predicted molar refractivity (Wildman–Crippen MR) is 118 cm³/mol. The standard InChI is InChI=1S/C23H31N3O2S/c1-2-17-10-8-9-15-25(17)21(27)16-29-23-24-20-14-7-6-13-19(20)22(28)26(23)18-11-4-3-5-12-18/h6-7,13-14,17-18H,2-5,8-12,15-16H2,1H3/t17-/m0/s1. The zero-order valence-electron chi connectivity index (χ0n) is 17.3. The van der Waals surface area contributed by atoms with Gasteiger partial charge in [0.15, 0.2) is 5.16 Å². The van der Waals surface area contributed by atoms with E-state index in [1.807, 2.05) is 28.8 Å². The van der Waals surface area contributed by atoms with Crippen LogP contribution in [0, 0.1) is 0 Å². The highest BCUT2D eigenvalue weighted by molar-refractivity contribution is 7.99. The second-order valence-corrected chi connectivity index (χ2v) is 9.25. The molecular weight excluding hydrogens is 382 g/mol. The number of para-hydroxylation sites is 1. The summed E-state index contributed by atoms with van der Waals surface area (Å²) in [5.74, 6) is 0.535. The second kappa shape index (κ2) is 9.33. The summed E-state index contributed by atoms with van der Waals surface area (Å²) in [5.41, 5.74) is 0.769. The van der Waals surface area contributed by atoms with Gasteiger partial charge >= 0.3 is 0 Å². The monoisotopic (exact) mass is 413 g/mol. The number of hydrogen-bond donors (Lipinski definition) is 0. The maximum absolute atomic E-state index is 13.3. The third kappa shape index (κ3) is 4.37. The van der Waals surface area contributed by atoms with Gasteiger partial charge < -0.3 is 4.90 Å². The molecule has 6 heteroatoms. The number of benzene rings is 1. The number of piperidine rings is 1. The molecule has 2 aliphatic rings. The molecule has 2 heterocycles. The summed E-state index contributed by atoms with van der Waals surface area (Å²) >= 11 is 1.44. The molecule has 4 rings (SSSR count). The SMILES string of the molecule is CC[C@H]1CCCCN1C(=O)CSc1nc2ccccc2c(=O)n1C1CCCCC1. The summed E-state index contributed by atoms with van der Waals surface area (Å²) in [7, 11) is 0. The van der Waals surface area contributed by atoms with Crippen molar-refractivity contribution in [1.82, 2.24) is 14.5 Å². The number of carbonyl (C=O) groups excluding carboxylic acids is 1. The van der Waals surface area contributed by atoms with Crippen LogP contribution in [0.25, 0.3) is 10.9 Å². The topological polar surface area (TPSA) is 55.2 Å². The van der Waals surface area contributed by atoms with Gasteiger partial charge in [-0.3, -0.25) is 14.2 Å². The molecule has 0 spiro atoms. The fourth-order valence-corrected chi connectivity index (χ4v) is 5.80. The third-order valence-corrected chi connectivity index (χ3v) is 7.40. The molecule has 1 atom stereocenters. The van der Waals surface area contributed by atoms with Gasteiger partial charge in [-0.2, -0.15) is 0 Å². The Kier molecular flexibility index (Phi) is 6.58. The largest absolute Gasteiger partial charge is 0.339 e. The van der Waals surface area contributed by atoms with Gasteiger partial charge in [-0.15, -0.1) is 0 Å². The molecule has 0 bridgehead atoms. The first-order valence-corrected chi connectivity index (χ1v) is 12.1. The van der Waals surface area contributed by atoms with Crippen molar-refractivity contribution < 1.29 is 4.79 Å². The molecule has 0 N–H and O–H groups in total. The molecule has 1 saturated carbocycles. The van der Waals surface area contributed by atoms with Crippen LogP contribution in [0.3, 0.4) is 0 Å². The van der Waals surface area contributed by atoms with Gasteiger partial charge in [0, 0.05) is 18.6 Å². The molecule has 0 unspecified atom stereocenters. The molecule has 1 amide bonds. The Morgan fingerprint density at radius 1 is 1.10 bits per heavy atom. The Labute approximate surface area is 176 Å². The molecular formula is C23H31N3O2S. The maximum Gasteiger partial charge on any atom is 0.262 e. The van der Waals surface area contributed by atoms with Gasteiger partial charge in [0.05, 0.1) is 16.7 Å². The predicted octanol–water partition coefficient (Wildman–Crippen LogP) is 4.78. The summed E-state index contributed by atoms with van der Waals surface area (Å²) in [6.45, 7) is 3.02. The molecule has 1 saturated heterocycles. The molecule has 156 valence electrons. The number of thioether (sulfide) groups is 1. The molecule has 0 radical (unpaired) electrons. The van der Waals surface area contributed by atoms with Gasteiger partial charge in [0.1, 0.15) is 0 Å². The van der Waals surface area contributed by atoms with Crippen LogP contribution >= 0.6 is 11.8 Å². The molecule has 5 nitrogen and oxygen atoms in total. The van der Waals surface area contributed by atoms with E-state index in [-0.39, 0.29) is 17.5 Å². The fraction of sp³-hybridized carbons (Fsp3) is 0.609. The van der Waals surface area contributed by atoms with Gasteiger partial charge in [0.2, 0.25) is 5.91 Å². The minimum Gasteiger partial charge on any atom is -0.339 e. The normalized spacial score (nSPS) is 20.9. The second-order valence-electron chi connectivity index (χ2n) is 8.31. The highest BCUT2D eigenvalue weighted by Gasteiger charge is 2.27. The van der Waals surface area contributed by atoms with Crippen molar-refractivity contribution in [3.05, 3.63) is 34.6 Å². The van der Waals surface area contributed by atoms with Crippen LogP contribution in [0.2, 0.25) is 0 Å². The van der Waals surface area contributed by atoms with Gasteiger partial charge in [-0.1, -0.05) is 50.1 Å². The van der Waals surface area contributed by atoms with Gasteiger partial charge in [-0.05, 0) is 50.7 Å². The van der Waals surface area contributed by atoms with E-state index in [9.17, 15) is 9.59 Å². The van der Waals surface area contributed by atoms with Crippen LogP contribution in [-0.4, -0.2) is 38.7 Å². The van der Waals surface area contributed by atoms with E-state index in [4.69, 9.17) is 4.98 Å². The number of aromatic nitrogens is 2. The summed E-state index contributed by atoms with van der Waals surface area (Å²) in [5, 5.41) is 1.38. The molecule has 2 fully saturated rings. The van der Waals surface area contributed by atoms with Crippen molar-refractivity contribution in [2.24, 2.45) is 0 Å². The summed E-state index contributed by atoms with van der Waals surface area (Å²) in [6, 6.07) is 8.13. The van der Waals surface area contributed by atoms with Crippen LogP contribution in [0.5, 0.6) is 0 Å². The summed E-state index contributed by atoms with van der Waals surface area (Å²) < 4.78 is 1.90. The smallest absolute Gasteiger partial charge is 0.262 e. The molecule has 2 aromatic rings. The molecule has 1 aromatic carbocycles. The lowest BCUT2D eigenvalue weighted by atomic mass is 9.95. The van der Waals surface area contributed by atoms with E-state index in [0.29, 0.717) is 22.3 Å². The van der Waals surface area contributed by atoms with E-state index in [2.05, 4.69) is 11.8 Å². The Bertz CT molecular complexity index is 920. The Balaban J connectivity index is 1.61. The number of nitrogens with zero attached hydrogens (tertiary/aromatic N) is 3. The van der Waals surface area contributed by atoms with Crippen LogP contribution in [0.4, 0.5) is 0 Å². The quantitative estimate of drug-likeness (QED) is 0.523. The number of likely N-dealkylation sites (tertiary alicyclic amines) is 1. The average Bonchev–Trinajstić information content (AvgIpc) is 2.78. The number of rotatable bonds is 5. The maximum atomic E-state index is 13.3. The van der Waals surface area contributed by atoms with Crippen LogP contribution < -0.4 is 5.56 Å². The highest BCUT2D eigenvalue weighted by Crippen LogP contribution is 2.31. The third-order valence-electron chi connectivity index (χ3n) is 6.46. The van der Waals surface area contributed by atoms with Crippen molar-refractivity contribution in [2.45, 2.75) is 82.0 Å². The Morgan fingerprint density at radius 3 is 2.66 bits per heavy atom. The average molecular weight is 414 g/mol. The Hall–Kier alpha value is -1.82. The Morgan fingerprint density at radius 2 is 1.86 bits per heavy atom. The van der Waals surface area contributed by atoms with Crippen LogP contribution in [0.15, 0.2) is 34.2 Å². The van der Waals surface area contributed by atoms with E-state index in [0.717, 1.165) is 57.0 Å². The van der Waals surface area contributed by atoms with Crippen LogP contribution in [-0.2, 0) is 4.79 Å². The van der Waals surface area contributed by atoms with E-state index in [1.54, 1.807) is 0 Å². The molecule has 29 heavy (non-hydrogen) atoms. The first-order chi connectivity index (χ1) is 14.2. The van der Waals surface area contributed by atoms with E-state index in [1.165, 1.54) is 24.6 Å². The van der Waals surface area contributed by atoms with Crippen molar-refractivity contribution in [2.75, 3.05) is 12.3 Å². The first kappa shape index (κ1) is 20.5. The van der Waals surface area contributed by atoms with Crippen molar-refractivity contribution in [3.63, 3.8) is 0 Å².